The van der Waals surface area contributed by atoms with Gasteiger partial charge in [-0.2, -0.15) is 0 Å². The molecule has 2 aliphatic rings. The number of carbonyl (C=O) groups excluding carboxylic acids is 2. The monoisotopic (exact) mass is 443 g/mol. The quantitative estimate of drug-likeness (QED) is 0.340. The van der Waals surface area contributed by atoms with Crippen LogP contribution in [0.5, 0.6) is 0 Å². The van der Waals surface area contributed by atoms with E-state index in [9.17, 15) is 19.7 Å². The van der Waals surface area contributed by atoms with Crippen molar-refractivity contribution in [3.63, 3.8) is 0 Å². The summed E-state index contributed by atoms with van der Waals surface area (Å²) < 4.78 is 0. The van der Waals surface area contributed by atoms with Crippen molar-refractivity contribution in [1.29, 1.82) is 0 Å². The normalized spacial score (nSPS) is 22.1. The molecule has 0 radical (unpaired) electrons. The molecular formula is C25H21N3O5. The molecule has 5 rings (SSSR count). The highest BCUT2D eigenvalue weighted by Crippen LogP contribution is 2.48. The third-order valence-corrected chi connectivity index (χ3v) is 6.16. The van der Waals surface area contributed by atoms with Crippen LogP contribution in [-0.4, -0.2) is 22.8 Å². The summed E-state index contributed by atoms with van der Waals surface area (Å²) in [4.78, 5) is 45.0. The minimum Gasteiger partial charge on any atom is -0.273 e. The number of benzene rings is 3. The van der Waals surface area contributed by atoms with Gasteiger partial charge in [-0.15, -0.1) is 0 Å². The smallest absolute Gasteiger partial charge is 0.269 e. The van der Waals surface area contributed by atoms with Crippen molar-refractivity contribution >= 4 is 28.9 Å². The first kappa shape index (κ1) is 20.8. The Hall–Kier alpha value is -4.04. The third-order valence-electron chi connectivity index (χ3n) is 6.16. The molecule has 8 nitrogen and oxygen atoms in total. The van der Waals surface area contributed by atoms with Crippen LogP contribution in [0.4, 0.5) is 17.1 Å². The second kappa shape index (κ2) is 7.83. The lowest BCUT2D eigenvalue weighted by atomic mass is 9.90. The average molecular weight is 443 g/mol. The van der Waals surface area contributed by atoms with Gasteiger partial charge in [0.15, 0.2) is 6.10 Å². The van der Waals surface area contributed by atoms with E-state index in [0.717, 1.165) is 11.1 Å². The molecule has 3 aromatic rings. The Morgan fingerprint density at radius 2 is 1.61 bits per heavy atom. The van der Waals surface area contributed by atoms with Gasteiger partial charge in [0, 0.05) is 12.1 Å². The largest absolute Gasteiger partial charge is 0.273 e. The molecule has 33 heavy (non-hydrogen) atoms. The molecule has 2 fully saturated rings. The van der Waals surface area contributed by atoms with Crippen LogP contribution in [-0.2, 0) is 14.4 Å². The SMILES string of the molecule is Cc1ccc(N2C(=O)[C@H]3[C@@H](c4ccc([N+](=O)[O-])cc4)N(c4ccccc4)O[C@H]3C2=O)c(C)c1. The number of aryl methyl sites for hydroxylation is 2. The van der Waals surface area contributed by atoms with E-state index in [1.54, 1.807) is 23.3 Å². The van der Waals surface area contributed by atoms with E-state index in [4.69, 9.17) is 4.84 Å². The Labute approximate surface area is 190 Å². The van der Waals surface area contributed by atoms with Gasteiger partial charge < -0.3 is 0 Å². The second-order valence-corrected chi connectivity index (χ2v) is 8.31. The van der Waals surface area contributed by atoms with Gasteiger partial charge in [0.1, 0.15) is 5.92 Å². The van der Waals surface area contributed by atoms with Crippen LogP contribution in [0.25, 0.3) is 0 Å². The fraction of sp³-hybridized carbons (Fsp3) is 0.200. The summed E-state index contributed by atoms with van der Waals surface area (Å²) in [6.07, 6.45) is -0.987. The molecule has 2 saturated heterocycles. The summed E-state index contributed by atoms with van der Waals surface area (Å²) in [6, 6.07) is 20.2. The van der Waals surface area contributed by atoms with Crippen LogP contribution in [0.1, 0.15) is 22.7 Å². The molecule has 0 spiro atoms. The summed E-state index contributed by atoms with van der Waals surface area (Å²) in [5, 5.41) is 12.7. The number of amides is 2. The average Bonchev–Trinajstić information content (AvgIpc) is 3.31. The summed E-state index contributed by atoms with van der Waals surface area (Å²) in [6.45, 7) is 3.81. The van der Waals surface area contributed by atoms with E-state index in [0.29, 0.717) is 16.9 Å². The van der Waals surface area contributed by atoms with Gasteiger partial charge in [0.25, 0.3) is 11.6 Å². The van der Waals surface area contributed by atoms with E-state index < -0.39 is 28.9 Å². The summed E-state index contributed by atoms with van der Waals surface area (Å²) >= 11 is 0. The van der Waals surface area contributed by atoms with Gasteiger partial charge in [-0.05, 0) is 43.2 Å². The fourth-order valence-electron chi connectivity index (χ4n) is 4.64. The molecule has 3 atom stereocenters. The van der Waals surface area contributed by atoms with Crippen molar-refractivity contribution in [2.45, 2.75) is 26.0 Å². The predicted octanol–water partition coefficient (Wildman–Crippen LogP) is 4.26. The first-order valence-electron chi connectivity index (χ1n) is 10.6. The minimum absolute atomic E-state index is 0.0498. The molecule has 8 heteroatoms. The predicted molar refractivity (Wildman–Crippen MR) is 122 cm³/mol. The number of hydroxylamine groups is 1. The molecular weight excluding hydrogens is 422 g/mol. The Morgan fingerprint density at radius 3 is 2.24 bits per heavy atom. The number of hydrogen-bond donors (Lipinski definition) is 0. The summed E-state index contributed by atoms with van der Waals surface area (Å²) in [5.41, 5.74) is 3.69. The van der Waals surface area contributed by atoms with Crippen molar-refractivity contribution in [3.05, 3.63) is 99.6 Å². The van der Waals surface area contributed by atoms with Gasteiger partial charge >= 0.3 is 0 Å². The van der Waals surface area contributed by atoms with Crippen molar-refractivity contribution in [1.82, 2.24) is 0 Å². The molecule has 2 heterocycles. The minimum atomic E-state index is -0.987. The van der Waals surface area contributed by atoms with E-state index in [2.05, 4.69) is 0 Å². The molecule has 0 aliphatic carbocycles. The van der Waals surface area contributed by atoms with Gasteiger partial charge in [0.2, 0.25) is 5.91 Å². The zero-order valence-corrected chi connectivity index (χ0v) is 18.0. The molecule has 0 bridgehead atoms. The zero-order valence-electron chi connectivity index (χ0n) is 18.0. The molecule has 3 aromatic carbocycles. The van der Waals surface area contributed by atoms with Crippen molar-refractivity contribution < 1.29 is 19.3 Å². The highest BCUT2D eigenvalue weighted by atomic mass is 16.7. The van der Waals surface area contributed by atoms with Crippen LogP contribution in [0.3, 0.4) is 0 Å². The molecule has 0 N–H and O–H groups in total. The Balaban J connectivity index is 1.59. The number of nitrogens with zero attached hydrogens (tertiary/aromatic N) is 3. The van der Waals surface area contributed by atoms with Crippen LogP contribution in [0.2, 0.25) is 0 Å². The Kier molecular flexibility index (Phi) is 4.94. The maximum absolute atomic E-state index is 13.7. The summed E-state index contributed by atoms with van der Waals surface area (Å²) in [7, 11) is 0. The molecule has 0 aromatic heterocycles. The standard InChI is InChI=1S/C25H21N3O5/c1-15-8-13-20(16(2)14-15)26-24(29)21-22(17-9-11-19(12-10-17)28(31)32)27(33-23(21)25(26)30)18-6-4-3-5-7-18/h3-14,21-23H,1-2H3/t21-,22+,23+/m0/s1. The number of anilines is 2. The van der Waals surface area contributed by atoms with E-state index in [-0.39, 0.29) is 11.6 Å². The lowest BCUT2D eigenvalue weighted by molar-refractivity contribution is -0.384. The van der Waals surface area contributed by atoms with Crippen LogP contribution < -0.4 is 9.96 Å². The maximum Gasteiger partial charge on any atom is 0.269 e. The Morgan fingerprint density at radius 1 is 0.909 bits per heavy atom. The van der Waals surface area contributed by atoms with Crippen molar-refractivity contribution in [3.8, 4) is 0 Å². The first-order chi connectivity index (χ1) is 15.9. The lowest BCUT2D eigenvalue weighted by Gasteiger charge is -2.29. The molecule has 0 saturated carbocycles. The number of imide groups is 1. The number of para-hydroxylation sites is 1. The van der Waals surface area contributed by atoms with Crippen molar-refractivity contribution in [2.24, 2.45) is 5.92 Å². The van der Waals surface area contributed by atoms with Gasteiger partial charge in [-0.1, -0.05) is 48.0 Å². The fourth-order valence-corrected chi connectivity index (χ4v) is 4.64. The molecule has 0 unspecified atom stereocenters. The van der Waals surface area contributed by atoms with Crippen LogP contribution >= 0.6 is 0 Å². The number of carbonyl (C=O) groups is 2. The number of nitro groups is 1. The number of rotatable bonds is 4. The molecule has 2 amide bonds. The number of fused-ring (bicyclic) bond motifs is 1. The topological polar surface area (TPSA) is 93.0 Å². The number of hydrogen-bond acceptors (Lipinski definition) is 6. The number of non-ortho nitro benzene ring substituents is 1. The van der Waals surface area contributed by atoms with E-state index in [1.807, 2.05) is 56.3 Å². The lowest BCUT2D eigenvalue weighted by Crippen LogP contribution is -2.37. The van der Waals surface area contributed by atoms with Gasteiger partial charge in [-0.3, -0.25) is 24.5 Å². The maximum atomic E-state index is 13.7. The van der Waals surface area contributed by atoms with Crippen LogP contribution in [0.15, 0.2) is 72.8 Å². The van der Waals surface area contributed by atoms with Crippen LogP contribution in [0, 0.1) is 29.9 Å². The third kappa shape index (κ3) is 3.35. The Bertz CT molecular complexity index is 1260. The zero-order chi connectivity index (χ0) is 23.3. The molecule has 2 aliphatic heterocycles. The first-order valence-corrected chi connectivity index (χ1v) is 10.6. The van der Waals surface area contributed by atoms with E-state index in [1.165, 1.54) is 17.0 Å². The second-order valence-electron chi connectivity index (χ2n) is 8.31. The highest BCUT2D eigenvalue weighted by molar-refractivity contribution is 6.24. The summed E-state index contributed by atoms with van der Waals surface area (Å²) in [5.74, 6) is -1.55. The van der Waals surface area contributed by atoms with Crippen molar-refractivity contribution in [2.75, 3.05) is 9.96 Å². The highest BCUT2D eigenvalue weighted by Gasteiger charge is 2.60. The van der Waals surface area contributed by atoms with Gasteiger partial charge in [-0.25, -0.2) is 9.96 Å². The van der Waals surface area contributed by atoms with E-state index >= 15 is 0 Å². The molecule has 166 valence electrons. The number of nitro benzene ring substituents is 1. The van der Waals surface area contributed by atoms with Gasteiger partial charge in [0.05, 0.1) is 22.3 Å².